The molecule has 0 saturated carbocycles. The van der Waals surface area contributed by atoms with Gasteiger partial charge in [-0.1, -0.05) is 18.5 Å². The summed E-state index contributed by atoms with van der Waals surface area (Å²) in [6, 6.07) is 7.09. The molecule has 1 N–H and O–H groups in total. The zero-order valence-electron chi connectivity index (χ0n) is 10.5. The van der Waals surface area contributed by atoms with Crippen LogP contribution in [0.3, 0.4) is 0 Å². The van der Waals surface area contributed by atoms with E-state index in [1.54, 1.807) is 30.1 Å². The van der Waals surface area contributed by atoms with E-state index in [0.29, 0.717) is 22.8 Å². The van der Waals surface area contributed by atoms with Gasteiger partial charge in [-0.2, -0.15) is 5.26 Å². The lowest BCUT2D eigenvalue weighted by atomic mass is 10.2. The predicted molar refractivity (Wildman–Crippen MR) is 72.7 cm³/mol. The molecule has 0 atom stereocenters. The molecular formula is C13H16ClN3O. The number of nitrogens with zero attached hydrogens (tertiary/aromatic N) is 2. The first-order valence-electron chi connectivity index (χ1n) is 5.76. The van der Waals surface area contributed by atoms with Crippen LogP contribution in [0.4, 0.5) is 5.69 Å². The number of amides is 1. The molecule has 0 unspecified atom stereocenters. The van der Waals surface area contributed by atoms with Gasteiger partial charge >= 0.3 is 0 Å². The third-order valence-corrected chi connectivity index (χ3v) is 2.68. The third kappa shape index (κ3) is 3.94. The molecule has 0 aliphatic carbocycles. The van der Waals surface area contributed by atoms with Crippen molar-refractivity contribution in [1.29, 1.82) is 5.26 Å². The van der Waals surface area contributed by atoms with E-state index in [9.17, 15) is 4.79 Å². The van der Waals surface area contributed by atoms with Crippen LogP contribution in [-0.4, -0.2) is 26.0 Å². The first-order valence-corrected chi connectivity index (χ1v) is 6.13. The van der Waals surface area contributed by atoms with Crippen molar-refractivity contribution in [2.75, 3.05) is 25.0 Å². The van der Waals surface area contributed by atoms with E-state index in [1.807, 2.05) is 6.92 Å². The molecule has 0 aromatic heterocycles. The lowest BCUT2D eigenvalue weighted by molar-refractivity contribution is -0.119. The molecule has 96 valence electrons. The molecule has 0 aliphatic rings. The molecule has 4 nitrogen and oxygen atoms in total. The Morgan fingerprint density at radius 2 is 2.28 bits per heavy atom. The number of nitriles is 1. The number of anilines is 1. The molecule has 1 aromatic carbocycles. The summed E-state index contributed by atoms with van der Waals surface area (Å²) in [6.07, 6.45) is 0.899. The number of nitrogens with one attached hydrogen (secondary N) is 1. The van der Waals surface area contributed by atoms with Crippen LogP contribution in [0, 0.1) is 11.3 Å². The Labute approximate surface area is 112 Å². The molecule has 5 heteroatoms. The topological polar surface area (TPSA) is 56.1 Å². The van der Waals surface area contributed by atoms with E-state index in [2.05, 4.69) is 11.4 Å². The Hall–Kier alpha value is -1.73. The predicted octanol–water partition coefficient (Wildman–Crippen LogP) is 2.17. The SMILES string of the molecule is CCCNC(=O)CN(C)c1cc(Cl)ccc1C#N. The zero-order chi connectivity index (χ0) is 13.5. The quantitative estimate of drug-likeness (QED) is 0.888. The largest absolute Gasteiger partial charge is 0.364 e. The number of hydrogen-bond donors (Lipinski definition) is 1. The minimum absolute atomic E-state index is 0.0665. The maximum absolute atomic E-state index is 11.6. The Balaban J connectivity index is 2.78. The van der Waals surface area contributed by atoms with Gasteiger partial charge in [0, 0.05) is 18.6 Å². The number of hydrogen-bond acceptors (Lipinski definition) is 3. The monoisotopic (exact) mass is 265 g/mol. The van der Waals surface area contributed by atoms with Crippen molar-refractivity contribution in [2.24, 2.45) is 0 Å². The maximum Gasteiger partial charge on any atom is 0.239 e. The van der Waals surface area contributed by atoms with E-state index < -0.39 is 0 Å². The second-order valence-corrected chi connectivity index (χ2v) is 4.42. The molecule has 1 amide bonds. The summed E-state index contributed by atoms with van der Waals surface area (Å²) in [4.78, 5) is 13.3. The minimum atomic E-state index is -0.0665. The molecule has 0 bridgehead atoms. The number of carbonyl (C=O) groups excluding carboxylic acids is 1. The molecule has 0 aliphatic heterocycles. The van der Waals surface area contributed by atoms with Gasteiger partial charge in [-0.3, -0.25) is 4.79 Å². The Morgan fingerprint density at radius 1 is 1.56 bits per heavy atom. The lowest BCUT2D eigenvalue weighted by Crippen LogP contribution is -2.35. The highest BCUT2D eigenvalue weighted by Crippen LogP contribution is 2.23. The van der Waals surface area contributed by atoms with E-state index in [1.165, 1.54) is 0 Å². The average molecular weight is 266 g/mol. The fraction of sp³-hybridized carbons (Fsp3) is 0.385. The Bertz CT molecular complexity index is 468. The van der Waals surface area contributed by atoms with Gasteiger partial charge in [0.1, 0.15) is 6.07 Å². The number of likely N-dealkylation sites (N-methyl/N-ethyl adjacent to an activating group) is 1. The third-order valence-electron chi connectivity index (χ3n) is 2.44. The average Bonchev–Trinajstić information content (AvgIpc) is 2.36. The van der Waals surface area contributed by atoms with Crippen LogP contribution < -0.4 is 10.2 Å². The molecule has 0 radical (unpaired) electrons. The van der Waals surface area contributed by atoms with Crippen LogP contribution in [0.2, 0.25) is 5.02 Å². The van der Waals surface area contributed by atoms with Crippen LogP contribution >= 0.6 is 11.6 Å². The van der Waals surface area contributed by atoms with E-state index in [4.69, 9.17) is 16.9 Å². The Kier molecular flexibility index (Phi) is 5.47. The van der Waals surface area contributed by atoms with Crippen LogP contribution in [0.5, 0.6) is 0 Å². The van der Waals surface area contributed by atoms with Gasteiger partial charge in [-0.05, 0) is 24.6 Å². The summed E-state index contributed by atoms with van der Waals surface area (Å²) < 4.78 is 0. The molecular weight excluding hydrogens is 250 g/mol. The van der Waals surface area contributed by atoms with Gasteiger partial charge in [0.05, 0.1) is 17.8 Å². The first kappa shape index (κ1) is 14.3. The fourth-order valence-electron chi connectivity index (χ4n) is 1.54. The summed E-state index contributed by atoms with van der Waals surface area (Å²) in [6.45, 7) is 2.86. The van der Waals surface area contributed by atoms with E-state index >= 15 is 0 Å². The molecule has 0 spiro atoms. The summed E-state index contributed by atoms with van der Waals surface area (Å²) in [5.74, 6) is -0.0665. The fourth-order valence-corrected chi connectivity index (χ4v) is 1.70. The van der Waals surface area contributed by atoms with Crippen molar-refractivity contribution >= 4 is 23.2 Å². The normalized spacial score (nSPS) is 9.67. The van der Waals surface area contributed by atoms with Crippen molar-refractivity contribution in [1.82, 2.24) is 5.32 Å². The highest BCUT2D eigenvalue weighted by Gasteiger charge is 2.11. The number of benzene rings is 1. The lowest BCUT2D eigenvalue weighted by Gasteiger charge is -2.20. The molecule has 0 fully saturated rings. The highest BCUT2D eigenvalue weighted by atomic mass is 35.5. The van der Waals surface area contributed by atoms with Crippen LogP contribution in [0.15, 0.2) is 18.2 Å². The van der Waals surface area contributed by atoms with Gasteiger partial charge in [0.2, 0.25) is 5.91 Å². The first-order chi connectivity index (χ1) is 8.58. The van der Waals surface area contributed by atoms with Gasteiger partial charge in [-0.15, -0.1) is 0 Å². The molecule has 0 saturated heterocycles. The standard InChI is InChI=1S/C13H16ClN3O/c1-3-6-16-13(18)9-17(2)12-7-11(14)5-4-10(12)8-15/h4-5,7H,3,6,9H2,1-2H3,(H,16,18). The van der Waals surface area contributed by atoms with Gasteiger partial charge < -0.3 is 10.2 Å². The van der Waals surface area contributed by atoms with Crippen molar-refractivity contribution in [3.63, 3.8) is 0 Å². The van der Waals surface area contributed by atoms with Gasteiger partial charge in [0.15, 0.2) is 0 Å². The highest BCUT2D eigenvalue weighted by molar-refractivity contribution is 6.30. The van der Waals surface area contributed by atoms with Gasteiger partial charge in [0.25, 0.3) is 0 Å². The van der Waals surface area contributed by atoms with Crippen molar-refractivity contribution in [3.05, 3.63) is 28.8 Å². The molecule has 1 aromatic rings. The second kappa shape index (κ2) is 6.87. The summed E-state index contributed by atoms with van der Waals surface area (Å²) in [5, 5.41) is 12.3. The smallest absolute Gasteiger partial charge is 0.239 e. The van der Waals surface area contributed by atoms with Gasteiger partial charge in [-0.25, -0.2) is 0 Å². The van der Waals surface area contributed by atoms with Crippen molar-refractivity contribution in [3.8, 4) is 6.07 Å². The minimum Gasteiger partial charge on any atom is -0.364 e. The zero-order valence-corrected chi connectivity index (χ0v) is 11.3. The van der Waals surface area contributed by atoms with E-state index in [-0.39, 0.29) is 12.5 Å². The van der Waals surface area contributed by atoms with Crippen molar-refractivity contribution < 1.29 is 4.79 Å². The summed E-state index contributed by atoms with van der Waals surface area (Å²) in [5.41, 5.74) is 1.17. The maximum atomic E-state index is 11.6. The molecule has 0 heterocycles. The second-order valence-electron chi connectivity index (χ2n) is 3.98. The Morgan fingerprint density at radius 3 is 2.89 bits per heavy atom. The van der Waals surface area contributed by atoms with Crippen molar-refractivity contribution in [2.45, 2.75) is 13.3 Å². The van der Waals surface area contributed by atoms with E-state index in [0.717, 1.165) is 6.42 Å². The number of carbonyl (C=O) groups is 1. The molecule has 1 rings (SSSR count). The summed E-state index contributed by atoms with van der Waals surface area (Å²) in [7, 11) is 1.76. The van der Waals surface area contributed by atoms with Crippen LogP contribution in [0.1, 0.15) is 18.9 Å². The number of halogens is 1. The van der Waals surface area contributed by atoms with Crippen LogP contribution in [-0.2, 0) is 4.79 Å². The van der Waals surface area contributed by atoms with Crippen LogP contribution in [0.25, 0.3) is 0 Å². The number of rotatable bonds is 5. The summed E-state index contributed by atoms with van der Waals surface area (Å²) >= 11 is 5.90. The molecule has 18 heavy (non-hydrogen) atoms.